The number of carbonyl (C=O) groups is 3. The molecule has 0 radical (unpaired) electrons. The molecule has 10 heteroatoms. The summed E-state index contributed by atoms with van der Waals surface area (Å²) in [7, 11) is 0. The molecule has 0 spiro atoms. The van der Waals surface area contributed by atoms with E-state index in [1.165, 1.54) is 6.92 Å². The third-order valence-corrected chi connectivity index (χ3v) is 3.92. The lowest BCUT2D eigenvalue weighted by Gasteiger charge is -2.13. The molecule has 2 amide bonds. The number of hydrazine groups is 1. The average molecular weight is 410 g/mol. The number of amides is 2. The fourth-order valence-electron chi connectivity index (χ4n) is 2.40. The largest absolute Gasteiger partial charge is 0.451 e. The fourth-order valence-corrected chi connectivity index (χ4v) is 2.40. The maximum Gasteiger partial charge on any atom is 0.437 e. The van der Waals surface area contributed by atoms with Crippen molar-refractivity contribution < 1.29 is 23.5 Å². The van der Waals surface area contributed by atoms with Crippen LogP contribution in [0.1, 0.15) is 17.3 Å². The molecule has 3 aromatic rings. The lowest BCUT2D eigenvalue weighted by Crippen LogP contribution is -2.47. The number of nitrogens with zero attached hydrogens (tertiary/aromatic N) is 2. The molecule has 10 nitrogen and oxygen atoms in total. The highest BCUT2D eigenvalue weighted by atomic mass is 16.5. The van der Waals surface area contributed by atoms with E-state index < -0.39 is 36.2 Å². The molecule has 154 valence electrons. The van der Waals surface area contributed by atoms with Crippen LogP contribution < -0.4 is 16.6 Å². The first-order chi connectivity index (χ1) is 14.4. The Bertz CT molecular complexity index is 1090. The molecule has 0 aliphatic carbocycles. The van der Waals surface area contributed by atoms with Gasteiger partial charge in [0.25, 0.3) is 11.8 Å². The summed E-state index contributed by atoms with van der Waals surface area (Å²) < 4.78 is 10.8. The Morgan fingerprint density at radius 2 is 1.67 bits per heavy atom. The number of carbonyl (C=O) groups excluding carboxylic acids is 3. The number of rotatable bonds is 6. The van der Waals surface area contributed by atoms with E-state index >= 15 is 0 Å². The second kappa shape index (κ2) is 9.32. The van der Waals surface area contributed by atoms with Crippen LogP contribution in [-0.2, 0) is 20.9 Å². The number of nitrogens with one attached hydrogen (secondary N) is 2. The monoisotopic (exact) mass is 410 g/mol. The fraction of sp³-hybridized carbons (Fsp3) is 0.150. The molecular weight excluding hydrogens is 392 g/mol. The Morgan fingerprint density at radius 3 is 2.33 bits per heavy atom. The Hall–Kier alpha value is -4.21. The van der Waals surface area contributed by atoms with Gasteiger partial charge in [-0.25, -0.2) is 4.79 Å². The van der Waals surface area contributed by atoms with E-state index in [9.17, 15) is 19.2 Å². The number of hydrogen-bond donors (Lipinski definition) is 2. The van der Waals surface area contributed by atoms with E-state index in [-0.39, 0.29) is 5.89 Å². The molecule has 0 bridgehead atoms. The highest BCUT2D eigenvalue weighted by Crippen LogP contribution is 2.13. The van der Waals surface area contributed by atoms with Crippen LogP contribution >= 0.6 is 0 Å². The van der Waals surface area contributed by atoms with Crippen molar-refractivity contribution >= 4 is 17.8 Å². The highest BCUT2D eigenvalue weighted by molar-refractivity contribution is 5.95. The lowest BCUT2D eigenvalue weighted by atomic mass is 10.2. The Kier molecular flexibility index (Phi) is 6.38. The van der Waals surface area contributed by atoms with Crippen molar-refractivity contribution in [3.05, 3.63) is 76.8 Å². The van der Waals surface area contributed by atoms with Gasteiger partial charge in [-0.2, -0.15) is 4.68 Å². The van der Waals surface area contributed by atoms with Crippen LogP contribution in [0.25, 0.3) is 11.5 Å². The Morgan fingerprint density at radius 1 is 1.03 bits per heavy atom. The second-order valence-corrected chi connectivity index (χ2v) is 6.14. The predicted octanol–water partition coefficient (Wildman–Crippen LogP) is 0.896. The zero-order chi connectivity index (χ0) is 21.5. The molecule has 1 aromatic heterocycles. The molecule has 30 heavy (non-hydrogen) atoms. The summed E-state index contributed by atoms with van der Waals surface area (Å²) in [6.45, 7) is 0.784. The lowest BCUT2D eigenvalue weighted by molar-refractivity contribution is -0.155. The second-order valence-electron chi connectivity index (χ2n) is 6.14. The number of benzene rings is 2. The SMILES string of the molecule is C[C@H](OC(=O)Cn1nc(-c2ccccc2)oc1=O)C(=O)NNC(=O)c1ccccc1. The summed E-state index contributed by atoms with van der Waals surface area (Å²) >= 11 is 0. The summed E-state index contributed by atoms with van der Waals surface area (Å²) in [5.74, 6) is -2.92. The molecule has 2 aromatic carbocycles. The molecule has 0 aliphatic rings. The van der Waals surface area contributed by atoms with Crippen molar-refractivity contribution in [2.75, 3.05) is 0 Å². The predicted molar refractivity (Wildman–Crippen MR) is 104 cm³/mol. The van der Waals surface area contributed by atoms with Crippen molar-refractivity contribution in [3.63, 3.8) is 0 Å². The van der Waals surface area contributed by atoms with Gasteiger partial charge in [0.05, 0.1) is 0 Å². The minimum absolute atomic E-state index is 0.0582. The van der Waals surface area contributed by atoms with E-state index in [4.69, 9.17) is 9.15 Å². The molecule has 3 rings (SSSR count). The van der Waals surface area contributed by atoms with Gasteiger partial charge < -0.3 is 9.15 Å². The molecule has 1 atom stereocenters. The van der Waals surface area contributed by atoms with E-state index in [0.717, 1.165) is 4.68 Å². The first kappa shape index (κ1) is 20.5. The molecular formula is C20H18N4O6. The van der Waals surface area contributed by atoms with E-state index in [0.29, 0.717) is 11.1 Å². The standard InChI is InChI=1S/C20H18N4O6/c1-13(17(26)21-22-18(27)14-8-4-2-5-9-14)29-16(25)12-24-20(28)30-19(23-24)15-10-6-3-7-11-15/h2-11,13H,12H2,1H3,(H,21,26)(H,22,27)/t13-/m0/s1. The average Bonchev–Trinajstić information content (AvgIpc) is 3.13. The minimum atomic E-state index is -1.22. The third kappa shape index (κ3) is 5.19. The summed E-state index contributed by atoms with van der Waals surface area (Å²) in [6, 6.07) is 16.9. The van der Waals surface area contributed by atoms with E-state index in [2.05, 4.69) is 16.0 Å². The van der Waals surface area contributed by atoms with Crippen LogP contribution in [0.15, 0.2) is 69.9 Å². The molecule has 2 N–H and O–H groups in total. The van der Waals surface area contributed by atoms with Crippen LogP contribution in [0.3, 0.4) is 0 Å². The smallest absolute Gasteiger partial charge is 0.437 e. The van der Waals surface area contributed by atoms with Gasteiger partial charge in [-0.15, -0.1) is 5.10 Å². The topological polar surface area (TPSA) is 133 Å². The Labute approximate surface area is 170 Å². The highest BCUT2D eigenvalue weighted by Gasteiger charge is 2.20. The van der Waals surface area contributed by atoms with Gasteiger partial charge in [-0.1, -0.05) is 36.4 Å². The van der Waals surface area contributed by atoms with Gasteiger partial charge >= 0.3 is 11.7 Å². The van der Waals surface area contributed by atoms with E-state index in [1.54, 1.807) is 60.7 Å². The van der Waals surface area contributed by atoms with Crippen LogP contribution in [-0.4, -0.2) is 33.7 Å². The first-order valence-corrected chi connectivity index (χ1v) is 8.92. The Balaban J connectivity index is 1.52. The first-order valence-electron chi connectivity index (χ1n) is 8.92. The van der Waals surface area contributed by atoms with Crippen molar-refractivity contribution in [2.45, 2.75) is 19.6 Å². The minimum Gasteiger partial charge on any atom is -0.451 e. The van der Waals surface area contributed by atoms with Crippen molar-refractivity contribution in [2.24, 2.45) is 0 Å². The van der Waals surface area contributed by atoms with Gasteiger partial charge in [-0.05, 0) is 31.2 Å². The molecule has 0 saturated heterocycles. The number of esters is 1. The quantitative estimate of drug-likeness (QED) is 0.456. The molecule has 0 saturated carbocycles. The zero-order valence-corrected chi connectivity index (χ0v) is 15.9. The van der Waals surface area contributed by atoms with Gasteiger partial charge in [0, 0.05) is 11.1 Å². The number of aromatic nitrogens is 2. The molecule has 1 heterocycles. The number of hydrogen-bond acceptors (Lipinski definition) is 7. The van der Waals surface area contributed by atoms with Crippen LogP contribution in [0.4, 0.5) is 0 Å². The van der Waals surface area contributed by atoms with Gasteiger partial charge in [0.15, 0.2) is 6.10 Å². The third-order valence-electron chi connectivity index (χ3n) is 3.92. The van der Waals surface area contributed by atoms with E-state index in [1.807, 2.05) is 0 Å². The zero-order valence-electron chi connectivity index (χ0n) is 15.9. The molecule has 0 fully saturated rings. The van der Waals surface area contributed by atoms with Crippen LogP contribution in [0, 0.1) is 0 Å². The van der Waals surface area contributed by atoms with Crippen LogP contribution in [0.5, 0.6) is 0 Å². The number of ether oxygens (including phenoxy) is 1. The maximum atomic E-state index is 12.1. The summed E-state index contributed by atoms with van der Waals surface area (Å²) in [5, 5.41) is 3.94. The summed E-state index contributed by atoms with van der Waals surface area (Å²) in [5.41, 5.74) is 5.31. The summed E-state index contributed by atoms with van der Waals surface area (Å²) in [4.78, 5) is 47.9. The van der Waals surface area contributed by atoms with Crippen molar-refractivity contribution in [1.82, 2.24) is 20.6 Å². The van der Waals surface area contributed by atoms with Crippen molar-refractivity contribution in [1.29, 1.82) is 0 Å². The van der Waals surface area contributed by atoms with Gasteiger partial charge in [0.1, 0.15) is 6.54 Å². The van der Waals surface area contributed by atoms with Gasteiger partial charge in [-0.3, -0.25) is 25.2 Å². The summed E-state index contributed by atoms with van der Waals surface area (Å²) in [6.07, 6.45) is -1.22. The van der Waals surface area contributed by atoms with Crippen LogP contribution in [0.2, 0.25) is 0 Å². The maximum absolute atomic E-state index is 12.1. The normalized spacial score (nSPS) is 11.4. The van der Waals surface area contributed by atoms with Crippen molar-refractivity contribution in [3.8, 4) is 11.5 Å². The molecule has 0 unspecified atom stereocenters. The van der Waals surface area contributed by atoms with Gasteiger partial charge in [0.2, 0.25) is 5.89 Å². The molecule has 0 aliphatic heterocycles.